The average Bonchev–Trinajstić information content (AvgIpc) is 2.42. The van der Waals surface area contributed by atoms with Crippen LogP contribution in [0.15, 0.2) is 18.2 Å². The zero-order valence-electron chi connectivity index (χ0n) is 10.9. The van der Waals surface area contributed by atoms with E-state index in [1.54, 1.807) is 0 Å². The van der Waals surface area contributed by atoms with E-state index >= 15 is 0 Å². The van der Waals surface area contributed by atoms with Gasteiger partial charge in [-0.05, 0) is 12.1 Å². The molecule has 0 unspecified atom stereocenters. The second-order valence-electron chi connectivity index (χ2n) is 3.93. The van der Waals surface area contributed by atoms with Crippen molar-refractivity contribution in [1.29, 1.82) is 0 Å². The van der Waals surface area contributed by atoms with E-state index in [2.05, 4.69) is 0 Å². The highest BCUT2D eigenvalue weighted by atomic mass is 19.1. The number of aliphatic hydroxyl groups excluding tert-OH is 1. The highest BCUT2D eigenvalue weighted by molar-refractivity contribution is 5.94. The van der Waals surface area contributed by atoms with Crippen molar-refractivity contribution in [3.8, 4) is 0 Å². The molecule has 20 heavy (non-hydrogen) atoms. The van der Waals surface area contributed by atoms with Gasteiger partial charge in [0.1, 0.15) is 0 Å². The predicted octanol–water partition coefficient (Wildman–Crippen LogP) is 0.815. The van der Waals surface area contributed by atoms with Crippen LogP contribution in [0.5, 0.6) is 0 Å². The Balaban J connectivity index is 2.94. The SMILES string of the molecule is COCCN(CCO)C(=O)c1ccc([N+](=O)[O-])c(F)c1. The summed E-state index contributed by atoms with van der Waals surface area (Å²) < 4.78 is 18.3. The van der Waals surface area contributed by atoms with E-state index in [4.69, 9.17) is 9.84 Å². The van der Waals surface area contributed by atoms with Gasteiger partial charge in [0, 0.05) is 31.8 Å². The van der Waals surface area contributed by atoms with Crippen LogP contribution < -0.4 is 0 Å². The second-order valence-corrected chi connectivity index (χ2v) is 3.93. The molecule has 0 aliphatic carbocycles. The maximum Gasteiger partial charge on any atom is 0.304 e. The summed E-state index contributed by atoms with van der Waals surface area (Å²) in [6.07, 6.45) is 0. The van der Waals surface area contributed by atoms with Crippen LogP contribution in [0.1, 0.15) is 10.4 Å². The normalized spacial score (nSPS) is 10.3. The van der Waals surface area contributed by atoms with Crippen LogP contribution in [0.3, 0.4) is 0 Å². The number of nitrogens with zero attached hydrogens (tertiary/aromatic N) is 2. The summed E-state index contributed by atoms with van der Waals surface area (Å²) in [5.41, 5.74) is -0.704. The van der Waals surface area contributed by atoms with Gasteiger partial charge in [0.05, 0.1) is 18.1 Å². The van der Waals surface area contributed by atoms with Gasteiger partial charge in [0.25, 0.3) is 5.91 Å². The summed E-state index contributed by atoms with van der Waals surface area (Å²) >= 11 is 0. The molecule has 0 radical (unpaired) electrons. The number of nitro groups is 1. The van der Waals surface area contributed by atoms with Crippen molar-refractivity contribution in [2.24, 2.45) is 0 Å². The van der Waals surface area contributed by atoms with Crippen molar-refractivity contribution in [2.45, 2.75) is 0 Å². The van der Waals surface area contributed by atoms with E-state index in [-0.39, 0.29) is 31.9 Å². The van der Waals surface area contributed by atoms with Crippen LogP contribution >= 0.6 is 0 Å². The van der Waals surface area contributed by atoms with Crippen molar-refractivity contribution in [2.75, 3.05) is 33.4 Å². The summed E-state index contributed by atoms with van der Waals surface area (Å²) in [4.78, 5) is 23.0. The third-order valence-electron chi connectivity index (χ3n) is 2.61. The number of ether oxygens (including phenoxy) is 1. The molecule has 0 aliphatic heterocycles. The molecule has 0 saturated carbocycles. The first-order valence-electron chi connectivity index (χ1n) is 5.84. The predicted molar refractivity (Wildman–Crippen MR) is 67.9 cm³/mol. The molecule has 0 aromatic heterocycles. The molecule has 110 valence electrons. The molecule has 0 fully saturated rings. The van der Waals surface area contributed by atoms with E-state index in [0.29, 0.717) is 0 Å². The van der Waals surface area contributed by atoms with E-state index in [9.17, 15) is 19.3 Å². The fourth-order valence-electron chi connectivity index (χ4n) is 1.61. The van der Waals surface area contributed by atoms with Crippen LogP contribution in [0.4, 0.5) is 10.1 Å². The molecular weight excluding hydrogens is 271 g/mol. The third kappa shape index (κ3) is 3.97. The van der Waals surface area contributed by atoms with E-state index in [1.165, 1.54) is 18.1 Å². The Morgan fingerprint density at radius 1 is 1.50 bits per heavy atom. The Morgan fingerprint density at radius 3 is 2.70 bits per heavy atom. The van der Waals surface area contributed by atoms with Crippen LogP contribution in [0.2, 0.25) is 0 Å². The average molecular weight is 286 g/mol. The minimum absolute atomic E-state index is 0.0161. The van der Waals surface area contributed by atoms with Crippen LogP contribution in [-0.2, 0) is 4.74 Å². The van der Waals surface area contributed by atoms with Gasteiger partial charge in [0.15, 0.2) is 0 Å². The van der Waals surface area contributed by atoms with E-state index < -0.39 is 22.3 Å². The molecule has 1 aromatic carbocycles. The van der Waals surface area contributed by atoms with Gasteiger partial charge < -0.3 is 14.7 Å². The van der Waals surface area contributed by atoms with Crippen LogP contribution in [0, 0.1) is 15.9 Å². The number of methoxy groups -OCH3 is 1. The summed E-state index contributed by atoms with van der Waals surface area (Å²) in [6.45, 7) is 0.321. The van der Waals surface area contributed by atoms with Gasteiger partial charge in [-0.15, -0.1) is 0 Å². The standard InChI is InChI=1S/C12H15FN2O5/c1-20-7-5-14(4-6-16)12(17)9-2-3-11(15(18)19)10(13)8-9/h2-3,8,16H,4-7H2,1H3. The van der Waals surface area contributed by atoms with Gasteiger partial charge in [-0.2, -0.15) is 4.39 Å². The smallest absolute Gasteiger partial charge is 0.304 e. The monoisotopic (exact) mass is 286 g/mol. The number of aliphatic hydroxyl groups is 1. The topological polar surface area (TPSA) is 92.9 Å². The lowest BCUT2D eigenvalue weighted by atomic mass is 10.1. The van der Waals surface area contributed by atoms with E-state index in [0.717, 1.165) is 12.1 Å². The number of amides is 1. The molecule has 1 amide bonds. The molecule has 8 heteroatoms. The highest BCUT2D eigenvalue weighted by Crippen LogP contribution is 2.18. The minimum atomic E-state index is -1.07. The molecule has 0 atom stereocenters. The molecule has 0 spiro atoms. The number of hydrogen-bond donors (Lipinski definition) is 1. The molecule has 0 aliphatic rings. The first kappa shape index (κ1) is 16.0. The van der Waals surface area contributed by atoms with Crippen molar-refractivity contribution < 1.29 is 24.0 Å². The number of halogens is 1. The third-order valence-corrected chi connectivity index (χ3v) is 2.61. The lowest BCUT2D eigenvalue weighted by molar-refractivity contribution is -0.387. The highest BCUT2D eigenvalue weighted by Gasteiger charge is 2.20. The van der Waals surface area contributed by atoms with Gasteiger partial charge in [-0.25, -0.2) is 0 Å². The number of nitro benzene ring substituents is 1. The van der Waals surface area contributed by atoms with Gasteiger partial charge in [0.2, 0.25) is 5.82 Å². The summed E-state index contributed by atoms with van der Waals surface area (Å²) in [5.74, 6) is -1.60. The Kier molecular flexibility index (Phi) is 6.01. The number of carbonyl (C=O) groups excluding carboxylic acids is 1. The van der Waals surface area contributed by atoms with Crippen molar-refractivity contribution in [3.63, 3.8) is 0 Å². The lowest BCUT2D eigenvalue weighted by Gasteiger charge is -2.21. The minimum Gasteiger partial charge on any atom is -0.395 e. The summed E-state index contributed by atoms with van der Waals surface area (Å²) in [7, 11) is 1.47. The molecule has 0 heterocycles. The van der Waals surface area contributed by atoms with Crippen molar-refractivity contribution >= 4 is 11.6 Å². The first-order valence-corrected chi connectivity index (χ1v) is 5.84. The van der Waals surface area contributed by atoms with Gasteiger partial charge in [-0.3, -0.25) is 14.9 Å². The maximum atomic E-state index is 13.5. The Morgan fingerprint density at radius 2 is 2.20 bits per heavy atom. The zero-order chi connectivity index (χ0) is 15.1. The van der Waals surface area contributed by atoms with Gasteiger partial charge >= 0.3 is 5.69 Å². The number of rotatable bonds is 7. The van der Waals surface area contributed by atoms with Crippen molar-refractivity contribution in [1.82, 2.24) is 4.90 Å². The van der Waals surface area contributed by atoms with Crippen molar-refractivity contribution in [3.05, 3.63) is 39.7 Å². The molecule has 1 aromatic rings. The molecule has 0 saturated heterocycles. The number of carbonyl (C=O) groups is 1. The summed E-state index contributed by atoms with van der Waals surface area (Å²) in [5, 5.41) is 19.4. The maximum absolute atomic E-state index is 13.5. The number of hydrogen-bond acceptors (Lipinski definition) is 5. The number of benzene rings is 1. The fraction of sp³-hybridized carbons (Fsp3) is 0.417. The molecular formula is C12H15FN2O5. The first-order chi connectivity index (χ1) is 9.51. The second kappa shape index (κ2) is 7.51. The van der Waals surface area contributed by atoms with Crippen LogP contribution in [-0.4, -0.2) is 54.3 Å². The fourth-order valence-corrected chi connectivity index (χ4v) is 1.61. The van der Waals surface area contributed by atoms with Crippen LogP contribution in [0.25, 0.3) is 0 Å². The Hall–Kier alpha value is -2.06. The molecule has 7 nitrogen and oxygen atoms in total. The Labute approximate surface area is 114 Å². The largest absolute Gasteiger partial charge is 0.395 e. The van der Waals surface area contributed by atoms with Gasteiger partial charge in [-0.1, -0.05) is 0 Å². The molecule has 0 bridgehead atoms. The Bertz CT molecular complexity index is 495. The quantitative estimate of drug-likeness (QED) is 0.591. The molecule has 1 rings (SSSR count). The lowest BCUT2D eigenvalue weighted by Crippen LogP contribution is -2.36. The zero-order valence-corrected chi connectivity index (χ0v) is 10.9. The molecule has 1 N–H and O–H groups in total. The summed E-state index contributed by atoms with van der Waals surface area (Å²) in [6, 6.07) is 2.94. The van der Waals surface area contributed by atoms with E-state index in [1.807, 2.05) is 0 Å².